The summed E-state index contributed by atoms with van der Waals surface area (Å²) >= 11 is 0. The number of aryl methyl sites for hydroxylation is 1. The van der Waals surface area contributed by atoms with Crippen molar-refractivity contribution in [2.24, 2.45) is 5.73 Å². The van der Waals surface area contributed by atoms with Crippen LogP contribution in [0.5, 0.6) is 0 Å². The lowest BCUT2D eigenvalue weighted by molar-refractivity contribution is -0.106. The Labute approximate surface area is 59.1 Å². The normalized spacial score (nSPS) is 7.30. The number of aromatic nitrogens is 2. The first-order valence-corrected chi connectivity index (χ1v) is 2.70. The molecule has 0 saturated heterocycles. The van der Waals surface area contributed by atoms with Gasteiger partial charge in [0.2, 0.25) is 6.41 Å². The molecule has 1 rings (SSSR count). The second-order valence-electron chi connectivity index (χ2n) is 1.43. The summed E-state index contributed by atoms with van der Waals surface area (Å²) in [4.78, 5) is 16.3. The molecule has 0 aliphatic carbocycles. The molecule has 0 aromatic carbocycles. The van der Waals surface area contributed by atoms with Crippen LogP contribution in [0.1, 0.15) is 5.82 Å². The zero-order valence-electron chi connectivity index (χ0n) is 5.69. The number of nitrogens with zero attached hydrogens (tertiary/aromatic N) is 2. The minimum absolute atomic E-state index is 0.250. The first kappa shape index (κ1) is 8.55. The average molecular weight is 139 g/mol. The Hall–Kier alpha value is -1.45. The van der Waals surface area contributed by atoms with Crippen LogP contribution in [0.3, 0.4) is 0 Å². The van der Waals surface area contributed by atoms with E-state index < -0.39 is 0 Å². The van der Waals surface area contributed by atoms with Gasteiger partial charge in [-0.3, -0.25) is 4.79 Å². The number of hydrogen-bond acceptors (Lipinski definition) is 3. The van der Waals surface area contributed by atoms with E-state index in [1.165, 1.54) is 0 Å². The summed E-state index contributed by atoms with van der Waals surface area (Å²) in [5.74, 6) is 0.822. The number of carbonyl (C=O) groups is 1. The van der Waals surface area contributed by atoms with E-state index in [0.717, 1.165) is 5.82 Å². The van der Waals surface area contributed by atoms with Crippen LogP contribution in [-0.2, 0) is 4.79 Å². The smallest absolute Gasteiger partial charge is 0.204 e. The van der Waals surface area contributed by atoms with Gasteiger partial charge in [0.1, 0.15) is 5.82 Å². The van der Waals surface area contributed by atoms with Crippen molar-refractivity contribution >= 4 is 6.41 Å². The highest BCUT2D eigenvalue weighted by Crippen LogP contribution is 1.78. The summed E-state index contributed by atoms with van der Waals surface area (Å²) in [5, 5.41) is 0. The zero-order chi connectivity index (χ0) is 7.82. The van der Waals surface area contributed by atoms with E-state index >= 15 is 0 Å². The molecule has 0 aliphatic heterocycles. The van der Waals surface area contributed by atoms with Gasteiger partial charge < -0.3 is 5.73 Å². The second kappa shape index (κ2) is 5.68. The maximum Gasteiger partial charge on any atom is 0.204 e. The molecule has 0 aliphatic rings. The standard InChI is InChI=1S/C5H6N2.CH3NO/c1-5-6-3-2-4-7-5;2-1-3/h2-4H,1H3;1H,(H2,2,3). The maximum atomic E-state index is 8.58. The molecule has 1 aromatic rings. The van der Waals surface area contributed by atoms with Gasteiger partial charge in [-0.15, -0.1) is 0 Å². The van der Waals surface area contributed by atoms with Crippen molar-refractivity contribution in [3.05, 3.63) is 24.3 Å². The van der Waals surface area contributed by atoms with Gasteiger partial charge in [0.15, 0.2) is 0 Å². The van der Waals surface area contributed by atoms with Crippen LogP contribution < -0.4 is 5.73 Å². The average Bonchev–Trinajstić information content (AvgIpc) is 1.91. The number of carbonyl (C=O) groups excluding carboxylic acids is 1. The summed E-state index contributed by atoms with van der Waals surface area (Å²) < 4.78 is 0. The maximum absolute atomic E-state index is 8.58. The molecule has 4 heteroatoms. The Morgan fingerprint density at radius 3 is 2.10 bits per heavy atom. The molecule has 10 heavy (non-hydrogen) atoms. The monoisotopic (exact) mass is 139 g/mol. The van der Waals surface area contributed by atoms with Crippen molar-refractivity contribution in [2.75, 3.05) is 0 Å². The third kappa shape index (κ3) is 4.70. The van der Waals surface area contributed by atoms with Crippen molar-refractivity contribution in [3.8, 4) is 0 Å². The highest BCUT2D eigenvalue weighted by atomic mass is 16.1. The number of hydrogen-bond donors (Lipinski definition) is 1. The van der Waals surface area contributed by atoms with Gasteiger partial charge in [0.05, 0.1) is 0 Å². The molecule has 1 heterocycles. The molecule has 0 radical (unpaired) electrons. The highest BCUT2D eigenvalue weighted by Gasteiger charge is 1.74. The Balaban J connectivity index is 0.000000236. The van der Waals surface area contributed by atoms with E-state index in [-0.39, 0.29) is 6.41 Å². The highest BCUT2D eigenvalue weighted by molar-refractivity contribution is 5.42. The quantitative estimate of drug-likeness (QED) is 0.510. The fraction of sp³-hybridized carbons (Fsp3) is 0.167. The molecule has 1 aromatic heterocycles. The first-order valence-electron chi connectivity index (χ1n) is 2.70. The summed E-state index contributed by atoms with van der Waals surface area (Å²) in [7, 11) is 0. The Bertz CT molecular complexity index is 176. The summed E-state index contributed by atoms with van der Waals surface area (Å²) in [6.45, 7) is 1.86. The Morgan fingerprint density at radius 1 is 1.50 bits per heavy atom. The lowest BCUT2D eigenvalue weighted by atomic mass is 10.6. The number of rotatable bonds is 0. The van der Waals surface area contributed by atoms with Gasteiger partial charge in [-0.25, -0.2) is 9.97 Å². The Kier molecular flexibility index (Phi) is 4.86. The van der Waals surface area contributed by atoms with Crippen molar-refractivity contribution in [1.82, 2.24) is 9.97 Å². The van der Waals surface area contributed by atoms with Gasteiger partial charge in [-0.1, -0.05) is 0 Å². The minimum Gasteiger partial charge on any atom is -0.372 e. The molecule has 0 spiro atoms. The SMILES string of the molecule is Cc1ncccn1.NC=O. The molecule has 0 saturated carbocycles. The van der Waals surface area contributed by atoms with E-state index in [2.05, 4.69) is 15.7 Å². The molecule has 54 valence electrons. The van der Waals surface area contributed by atoms with Gasteiger partial charge in [0, 0.05) is 12.4 Å². The van der Waals surface area contributed by atoms with Gasteiger partial charge in [-0.05, 0) is 13.0 Å². The van der Waals surface area contributed by atoms with Gasteiger partial charge in [-0.2, -0.15) is 0 Å². The van der Waals surface area contributed by atoms with Crippen LogP contribution in [0.4, 0.5) is 0 Å². The second-order valence-corrected chi connectivity index (χ2v) is 1.43. The molecule has 0 unspecified atom stereocenters. The van der Waals surface area contributed by atoms with E-state index in [0.29, 0.717) is 0 Å². The number of nitrogens with two attached hydrogens (primary N) is 1. The number of amides is 1. The van der Waals surface area contributed by atoms with Crippen LogP contribution in [0, 0.1) is 6.92 Å². The van der Waals surface area contributed by atoms with E-state index in [1.54, 1.807) is 18.5 Å². The topological polar surface area (TPSA) is 68.9 Å². The summed E-state index contributed by atoms with van der Waals surface area (Å²) in [6.07, 6.45) is 3.70. The predicted molar refractivity (Wildman–Crippen MR) is 37.0 cm³/mol. The molecular formula is C6H9N3O. The van der Waals surface area contributed by atoms with Crippen molar-refractivity contribution < 1.29 is 4.79 Å². The largest absolute Gasteiger partial charge is 0.372 e. The van der Waals surface area contributed by atoms with Gasteiger partial charge >= 0.3 is 0 Å². The van der Waals surface area contributed by atoms with E-state index in [4.69, 9.17) is 4.79 Å². The lowest BCUT2D eigenvalue weighted by Crippen LogP contribution is -1.82. The third-order valence-corrected chi connectivity index (χ3v) is 0.695. The molecule has 1 amide bonds. The van der Waals surface area contributed by atoms with Crippen molar-refractivity contribution in [1.29, 1.82) is 0 Å². The molecular weight excluding hydrogens is 130 g/mol. The predicted octanol–water partition coefficient (Wildman–Crippen LogP) is -0.113. The van der Waals surface area contributed by atoms with Crippen LogP contribution >= 0.6 is 0 Å². The summed E-state index contributed by atoms with van der Waals surface area (Å²) in [5.41, 5.74) is 4.17. The molecule has 0 atom stereocenters. The molecule has 4 nitrogen and oxygen atoms in total. The van der Waals surface area contributed by atoms with E-state index in [9.17, 15) is 0 Å². The fourth-order valence-corrected chi connectivity index (χ4v) is 0.374. The van der Waals surface area contributed by atoms with Crippen LogP contribution in [0.2, 0.25) is 0 Å². The third-order valence-electron chi connectivity index (χ3n) is 0.695. The minimum atomic E-state index is 0.250. The molecule has 0 fully saturated rings. The number of primary amides is 1. The lowest BCUT2D eigenvalue weighted by Gasteiger charge is -1.81. The van der Waals surface area contributed by atoms with Crippen LogP contribution in [0.25, 0.3) is 0 Å². The van der Waals surface area contributed by atoms with E-state index in [1.807, 2.05) is 6.92 Å². The Morgan fingerprint density at radius 2 is 1.90 bits per heavy atom. The van der Waals surface area contributed by atoms with Crippen molar-refractivity contribution in [3.63, 3.8) is 0 Å². The molecule has 2 N–H and O–H groups in total. The van der Waals surface area contributed by atoms with Crippen LogP contribution in [-0.4, -0.2) is 16.4 Å². The van der Waals surface area contributed by atoms with Gasteiger partial charge in [0.25, 0.3) is 0 Å². The summed E-state index contributed by atoms with van der Waals surface area (Å²) in [6, 6.07) is 1.80. The molecule has 0 bridgehead atoms. The van der Waals surface area contributed by atoms with Crippen LogP contribution in [0.15, 0.2) is 18.5 Å². The van der Waals surface area contributed by atoms with Crippen molar-refractivity contribution in [2.45, 2.75) is 6.92 Å². The fourth-order valence-electron chi connectivity index (χ4n) is 0.374. The zero-order valence-corrected chi connectivity index (χ0v) is 5.69. The first-order chi connectivity index (χ1) is 4.81.